The molecule has 0 aromatic heterocycles. The summed E-state index contributed by atoms with van der Waals surface area (Å²) in [7, 11) is 0. The smallest absolute Gasteiger partial charge is 0.312 e. The Kier molecular flexibility index (Phi) is 3.66. The molecule has 0 amide bonds. The summed E-state index contributed by atoms with van der Waals surface area (Å²) in [5, 5.41) is 9.44. The number of rotatable bonds is 3. The van der Waals surface area contributed by atoms with Crippen LogP contribution in [0, 0.1) is 18.2 Å². The Hall–Kier alpha value is -1.42. The molecule has 2 rings (SSSR count). The molecule has 1 unspecified atom stereocenters. The molecule has 98 valence electrons. The van der Waals surface area contributed by atoms with Gasteiger partial charge in [-0.1, -0.05) is 6.07 Å². The molecule has 1 aromatic carbocycles. The monoisotopic (exact) mass is 252 g/mol. The van der Waals surface area contributed by atoms with Gasteiger partial charge in [-0.25, -0.2) is 4.39 Å². The summed E-state index contributed by atoms with van der Waals surface area (Å²) >= 11 is 0. The van der Waals surface area contributed by atoms with Gasteiger partial charge in [0.15, 0.2) is 0 Å². The van der Waals surface area contributed by atoms with Crippen LogP contribution in [0.1, 0.15) is 24.0 Å². The Morgan fingerprint density at radius 2 is 2.33 bits per heavy atom. The Balaban J connectivity index is 2.28. The van der Waals surface area contributed by atoms with E-state index in [1.807, 2.05) is 6.92 Å². The molecule has 0 spiro atoms. The van der Waals surface area contributed by atoms with Crippen molar-refractivity contribution in [1.82, 2.24) is 0 Å². The highest BCUT2D eigenvalue weighted by Gasteiger charge is 2.40. The zero-order chi connectivity index (χ0) is 13.2. The summed E-state index contributed by atoms with van der Waals surface area (Å²) < 4.78 is 18.6. The first-order valence-electron chi connectivity index (χ1n) is 6.10. The second kappa shape index (κ2) is 5.06. The number of aryl methyl sites for hydroxylation is 1. The molecule has 18 heavy (non-hydrogen) atoms. The van der Waals surface area contributed by atoms with Crippen LogP contribution in [0.15, 0.2) is 18.2 Å². The van der Waals surface area contributed by atoms with Crippen LogP contribution in [-0.4, -0.2) is 24.3 Å². The lowest BCUT2D eigenvalue weighted by molar-refractivity contribution is -0.157. The first-order valence-corrected chi connectivity index (χ1v) is 6.10. The van der Waals surface area contributed by atoms with Crippen LogP contribution in [0.25, 0.3) is 0 Å². The van der Waals surface area contributed by atoms with E-state index in [1.54, 1.807) is 6.07 Å². The molecule has 4 heteroatoms. The molecule has 1 aliphatic heterocycles. The van der Waals surface area contributed by atoms with E-state index >= 15 is 0 Å². The van der Waals surface area contributed by atoms with Gasteiger partial charge < -0.3 is 9.84 Å². The van der Waals surface area contributed by atoms with Gasteiger partial charge in [-0.3, -0.25) is 4.79 Å². The fourth-order valence-corrected chi connectivity index (χ4v) is 2.43. The first kappa shape index (κ1) is 13.0. The third kappa shape index (κ3) is 2.53. The molecule has 1 aliphatic rings. The molecule has 1 fully saturated rings. The van der Waals surface area contributed by atoms with Crippen LogP contribution in [0.2, 0.25) is 0 Å². The largest absolute Gasteiger partial charge is 0.481 e. The van der Waals surface area contributed by atoms with Gasteiger partial charge in [0.1, 0.15) is 5.82 Å². The summed E-state index contributed by atoms with van der Waals surface area (Å²) in [4.78, 5) is 11.5. The van der Waals surface area contributed by atoms with Gasteiger partial charge in [0.05, 0.1) is 12.0 Å². The highest BCUT2D eigenvalue weighted by molar-refractivity contribution is 5.75. The van der Waals surface area contributed by atoms with Gasteiger partial charge in [0.2, 0.25) is 0 Å². The van der Waals surface area contributed by atoms with Crippen LogP contribution < -0.4 is 0 Å². The number of hydrogen-bond acceptors (Lipinski definition) is 2. The number of carboxylic acids is 1. The predicted molar refractivity (Wildman–Crippen MR) is 65.0 cm³/mol. The molecule has 0 aliphatic carbocycles. The standard InChI is InChI=1S/C14H17FO3/c1-10-3-4-12(15)7-11(10)8-14(13(16)17)5-2-6-18-9-14/h3-4,7H,2,5-6,8-9H2,1H3,(H,16,17). The van der Waals surface area contributed by atoms with Crippen molar-refractivity contribution in [2.45, 2.75) is 26.2 Å². The van der Waals surface area contributed by atoms with Crippen molar-refractivity contribution in [3.05, 3.63) is 35.1 Å². The molecular formula is C14H17FO3. The maximum atomic E-state index is 13.2. The van der Waals surface area contributed by atoms with Gasteiger partial charge in [0, 0.05) is 6.61 Å². The lowest BCUT2D eigenvalue weighted by Crippen LogP contribution is -2.41. The van der Waals surface area contributed by atoms with E-state index in [1.165, 1.54) is 12.1 Å². The zero-order valence-corrected chi connectivity index (χ0v) is 10.4. The van der Waals surface area contributed by atoms with Gasteiger partial charge >= 0.3 is 5.97 Å². The highest BCUT2D eigenvalue weighted by atomic mass is 19.1. The van der Waals surface area contributed by atoms with Crippen molar-refractivity contribution in [3.63, 3.8) is 0 Å². The molecule has 3 nitrogen and oxygen atoms in total. The Labute approximate surface area is 106 Å². The normalized spacial score (nSPS) is 23.9. The molecule has 1 aromatic rings. The first-order chi connectivity index (χ1) is 8.53. The minimum Gasteiger partial charge on any atom is -0.481 e. The summed E-state index contributed by atoms with van der Waals surface area (Å²) in [6, 6.07) is 4.50. The van der Waals surface area contributed by atoms with Crippen molar-refractivity contribution in [2.24, 2.45) is 5.41 Å². The zero-order valence-electron chi connectivity index (χ0n) is 10.4. The fraction of sp³-hybridized carbons (Fsp3) is 0.500. The fourth-order valence-electron chi connectivity index (χ4n) is 2.43. The van der Waals surface area contributed by atoms with Crippen molar-refractivity contribution in [1.29, 1.82) is 0 Å². The van der Waals surface area contributed by atoms with Crippen molar-refractivity contribution in [2.75, 3.05) is 13.2 Å². The van der Waals surface area contributed by atoms with E-state index in [-0.39, 0.29) is 12.4 Å². The number of benzene rings is 1. The predicted octanol–water partition coefficient (Wildman–Crippen LogP) is 2.56. The van der Waals surface area contributed by atoms with Gasteiger partial charge in [-0.05, 0) is 49.4 Å². The van der Waals surface area contributed by atoms with Crippen LogP contribution in [0.3, 0.4) is 0 Å². The molecule has 0 radical (unpaired) electrons. The second-order valence-corrected chi connectivity index (χ2v) is 4.99. The summed E-state index contributed by atoms with van der Waals surface area (Å²) in [5.74, 6) is -1.18. The van der Waals surface area contributed by atoms with Crippen LogP contribution >= 0.6 is 0 Å². The van der Waals surface area contributed by atoms with E-state index in [0.717, 1.165) is 17.5 Å². The van der Waals surface area contributed by atoms with E-state index in [2.05, 4.69) is 0 Å². The Morgan fingerprint density at radius 1 is 1.56 bits per heavy atom. The van der Waals surface area contributed by atoms with E-state index in [4.69, 9.17) is 4.74 Å². The van der Waals surface area contributed by atoms with E-state index in [0.29, 0.717) is 19.4 Å². The Bertz CT molecular complexity index is 450. The number of carboxylic acid groups (broad SMARTS) is 1. The van der Waals surface area contributed by atoms with Crippen molar-refractivity contribution >= 4 is 5.97 Å². The Morgan fingerprint density at radius 3 is 2.94 bits per heavy atom. The molecule has 1 heterocycles. The molecule has 0 saturated carbocycles. The summed E-state index contributed by atoms with van der Waals surface area (Å²) in [6.07, 6.45) is 1.64. The quantitative estimate of drug-likeness (QED) is 0.899. The average Bonchev–Trinajstić information content (AvgIpc) is 2.35. The van der Waals surface area contributed by atoms with Gasteiger partial charge in [-0.2, -0.15) is 0 Å². The number of carbonyl (C=O) groups is 1. The molecular weight excluding hydrogens is 235 g/mol. The van der Waals surface area contributed by atoms with Crippen molar-refractivity contribution in [3.8, 4) is 0 Å². The van der Waals surface area contributed by atoms with Crippen LogP contribution in [-0.2, 0) is 16.0 Å². The third-order valence-corrected chi connectivity index (χ3v) is 3.62. The minimum atomic E-state index is -0.906. The third-order valence-electron chi connectivity index (χ3n) is 3.62. The maximum Gasteiger partial charge on any atom is 0.312 e. The topological polar surface area (TPSA) is 46.5 Å². The highest BCUT2D eigenvalue weighted by Crippen LogP contribution is 2.34. The van der Waals surface area contributed by atoms with Crippen LogP contribution in [0.5, 0.6) is 0 Å². The second-order valence-electron chi connectivity index (χ2n) is 4.99. The lowest BCUT2D eigenvalue weighted by Gasteiger charge is -2.33. The summed E-state index contributed by atoms with van der Waals surface area (Å²) in [5.41, 5.74) is 0.766. The molecule has 0 bridgehead atoms. The van der Waals surface area contributed by atoms with Crippen molar-refractivity contribution < 1.29 is 19.0 Å². The summed E-state index contributed by atoms with van der Waals surface area (Å²) in [6.45, 7) is 2.68. The van der Waals surface area contributed by atoms with E-state index in [9.17, 15) is 14.3 Å². The van der Waals surface area contributed by atoms with Gasteiger partial charge in [0.25, 0.3) is 0 Å². The molecule has 1 atom stereocenters. The SMILES string of the molecule is Cc1ccc(F)cc1CC1(C(=O)O)CCCOC1. The maximum absolute atomic E-state index is 13.2. The number of halogens is 1. The lowest BCUT2D eigenvalue weighted by atomic mass is 9.76. The number of aliphatic carboxylic acids is 1. The minimum absolute atomic E-state index is 0.207. The van der Waals surface area contributed by atoms with E-state index < -0.39 is 11.4 Å². The molecule has 1 N–H and O–H groups in total. The van der Waals surface area contributed by atoms with Gasteiger partial charge in [-0.15, -0.1) is 0 Å². The van der Waals surface area contributed by atoms with Crippen LogP contribution in [0.4, 0.5) is 4.39 Å². The number of ether oxygens (including phenoxy) is 1. The average molecular weight is 252 g/mol. The number of hydrogen-bond donors (Lipinski definition) is 1. The molecule has 1 saturated heterocycles.